The van der Waals surface area contributed by atoms with Gasteiger partial charge in [-0.2, -0.15) is 4.98 Å². The minimum absolute atomic E-state index is 0.302. The van der Waals surface area contributed by atoms with Crippen LogP contribution in [0.2, 0.25) is 0 Å². The normalized spacial score (nSPS) is 18.3. The average molecular weight is 434 g/mol. The summed E-state index contributed by atoms with van der Waals surface area (Å²) in [7, 11) is 5.42. The zero-order chi connectivity index (χ0) is 22.5. The van der Waals surface area contributed by atoms with Crippen molar-refractivity contribution in [2.45, 2.75) is 44.3 Å². The molecule has 0 amide bonds. The Morgan fingerprint density at radius 3 is 2.38 bits per heavy atom. The summed E-state index contributed by atoms with van der Waals surface area (Å²) < 4.78 is 4.75. The molecule has 2 aromatic carbocycles. The van der Waals surface area contributed by atoms with E-state index in [2.05, 4.69) is 16.7 Å². The van der Waals surface area contributed by atoms with Gasteiger partial charge in [-0.3, -0.25) is 0 Å². The lowest BCUT2D eigenvalue weighted by Crippen LogP contribution is -2.37. The number of methoxy groups -OCH3 is 1. The number of nitrogens with one attached hydrogen (secondary N) is 2. The number of nitrogens with zero attached hydrogens (tertiary/aromatic N) is 3. The number of rotatable bonds is 7. The summed E-state index contributed by atoms with van der Waals surface area (Å²) in [5, 5.41) is 8.28. The second kappa shape index (κ2) is 9.96. The third-order valence-electron chi connectivity index (χ3n) is 6.04. The molecule has 1 heterocycles. The van der Waals surface area contributed by atoms with E-state index >= 15 is 0 Å². The molecule has 7 heteroatoms. The monoisotopic (exact) mass is 433 g/mol. The molecular formula is C25H31N5O2. The molecule has 0 spiro atoms. The average Bonchev–Trinajstić information content (AvgIpc) is 2.83. The maximum atomic E-state index is 11.6. The van der Waals surface area contributed by atoms with E-state index < -0.39 is 0 Å². The fourth-order valence-corrected chi connectivity index (χ4v) is 4.23. The van der Waals surface area contributed by atoms with Crippen molar-refractivity contribution in [2.75, 3.05) is 31.4 Å². The summed E-state index contributed by atoms with van der Waals surface area (Å²) in [5.74, 6) is 1.34. The Hall–Kier alpha value is -3.19. The van der Waals surface area contributed by atoms with Crippen LogP contribution in [0.3, 0.4) is 0 Å². The summed E-state index contributed by atoms with van der Waals surface area (Å²) in [6.45, 7) is 0.796. The molecule has 3 aromatic rings. The van der Waals surface area contributed by atoms with Gasteiger partial charge in [0.2, 0.25) is 5.95 Å². The number of esters is 1. The lowest BCUT2D eigenvalue weighted by molar-refractivity contribution is 0.0600. The fraction of sp³-hybridized carbons (Fsp3) is 0.400. The van der Waals surface area contributed by atoms with Crippen molar-refractivity contribution in [1.29, 1.82) is 0 Å². The first kappa shape index (κ1) is 22.0. The topological polar surface area (TPSA) is 79.4 Å². The first-order valence-electron chi connectivity index (χ1n) is 11.1. The van der Waals surface area contributed by atoms with Crippen LogP contribution in [-0.4, -0.2) is 49.2 Å². The van der Waals surface area contributed by atoms with E-state index in [0.29, 0.717) is 23.6 Å². The molecule has 0 radical (unpaired) electrons. The molecule has 168 valence electrons. The van der Waals surface area contributed by atoms with Crippen LogP contribution in [0.25, 0.3) is 10.9 Å². The Bertz CT molecular complexity index is 1060. The van der Waals surface area contributed by atoms with Crippen LogP contribution >= 0.6 is 0 Å². The molecule has 1 fully saturated rings. The minimum atomic E-state index is -0.302. The van der Waals surface area contributed by atoms with Crippen molar-refractivity contribution < 1.29 is 9.53 Å². The molecule has 0 bridgehead atoms. The predicted molar refractivity (Wildman–Crippen MR) is 128 cm³/mol. The van der Waals surface area contributed by atoms with Gasteiger partial charge in [0.05, 0.1) is 18.2 Å². The highest BCUT2D eigenvalue weighted by molar-refractivity contribution is 5.90. The number of aromatic nitrogens is 2. The molecule has 7 nitrogen and oxygen atoms in total. The Balaban J connectivity index is 1.30. The van der Waals surface area contributed by atoms with Gasteiger partial charge in [-0.15, -0.1) is 0 Å². The number of fused-ring (bicyclic) bond motifs is 1. The molecule has 0 aliphatic heterocycles. The summed E-state index contributed by atoms with van der Waals surface area (Å²) in [5.41, 5.74) is 2.71. The lowest BCUT2D eigenvalue weighted by Gasteiger charge is -2.30. The number of hydrogen-bond acceptors (Lipinski definition) is 7. The Morgan fingerprint density at radius 2 is 1.69 bits per heavy atom. The molecule has 2 N–H and O–H groups in total. The highest BCUT2D eigenvalue weighted by atomic mass is 16.5. The highest BCUT2D eigenvalue weighted by Crippen LogP contribution is 2.26. The van der Waals surface area contributed by atoms with E-state index in [9.17, 15) is 4.79 Å². The van der Waals surface area contributed by atoms with E-state index in [1.807, 2.05) is 61.5 Å². The molecule has 1 aliphatic rings. The maximum absolute atomic E-state index is 11.6. The second-order valence-corrected chi connectivity index (χ2v) is 8.54. The van der Waals surface area contributed by atoms with Crippen molar-refractivity contribution in [3.05, 3.63) is 59.7 Å². The van der Waals surface area contributed by atoms with Crippen LogP contribution < -0.4 is 15.5 Å². The quantitative estimate of drug-likeness (QED) is 0.545. The molecular weight excluding hydrogens is 402 g/mol. The molecule has 1 saturated carbocycles. The van der Waals surface area contributed by atoms with Crippen molar-refractivity contribution >= 4 is 28.6 Å². The zero-order valence-corrected chi connectivity index (χ0v) is 19.0. The number of hydrogen-bond donors (Lipinski definition) is 2. The van der Waals surface area contributed by atoms with E-state index in [1.54, 1.807) is 0 Å². The predicted octanol–water partition coefficient (Wildman–Crippen LogP) is 4.00. The molecule has 1 aromatic heterocycles. The Kier molecular flexibility index (Phi) is 6.85. The van der Waals surface area contributed by atoms with Crippen molar-refractivity contribution in [3.63, 3.8) is 0 Å². The van der Waals surface area contributed by atoms with Gasteiger partial charge in [-0.25, -0.2) is 9.78 Å². The number of benzene rings is 2. The van der Waals surface area contributed by atoms with Crippen LogP contribution in [0.15, 0.2) is 48.5 Å². The second-order valence-electron chi connectivity index (χ2n) is 8.54. The van der Waals surface area contributed by atoms with Gasteiger partial charge in [0.25, 0.3) is 0 Å². The summed E-state index contributed by atoms with van der Waals surface area (Å²) in [6.07, 6.45) is 4.36. The van der Waals surface area contributed by atoms with Gasteiger partial charge in [-0.1, -0.05) is 24.3 Å². The number of ether oxygens (including phenoxy) is 1. The molecule has 0 saturated heterocycles. The third-order valence-corrected chi connectivity index (χ3v) is 6.04. The molecule has 1 aliphatic carbocycles. The summed E-state index contributed by atoms with van der Waals surface area (Å²) in [6, 6.07) is 16.6. The van der Waals surface area contributed by atoms with Gasteiger partial charge in [0.1, 0.15) is 5.82 Å². The zero-order valence-electron chi connectivity index (χ0n) is 19.0. The molecule has 0 atom stereocenters. The summed E-state index contributed by atoms with van der Waals surface area (Å²) in [4.78, 5) is 23.1. The van der Waals surface area contributed by atoms with Gasteiger partial charge in [0, 0.05) is 38.1 Å². The maximum Gasteiger partial charge on any atom is 0.337 e. The van der Waals surface area contributed by atoms with Crippen LogP contribution in [0.4, 0.5) is 11.8 Å². The summed E-state index contributed by atoms with van der Waals surface area (Å²) >= 11 is 0. The highest BCUT2D eigenvalue weighted by Gasteiger charge is 2.22. The van der Waals surface area contributed by atoms with Crippen LogP contribution in [-0.2, 0) is 11.3 Å². The first-order valence-corrected chi connectivity index (χ1v) is 11.1. The Morgan fingerprint density at radius 1 is 1.00 bits per heavy atom. The van der Waals surface area contributed by atoms with Gasteiger partial charge in [0.15, 0.2) is 0 Å². The number of carbonyl (C=O) groups excluding carboxylic acids is 1. The SMILES string of the molecule is COC(=O)c1ccc(CNC2CCC(Nc3nc(N(C)C)c4ccccc4n3)CC2)cc1. The third kappa shape index (κ3) is 5.16. The minimum Gasteiger partial charge on any atom is -0.465 e. The van der Waals surface area contributed by atoms with Crippen molar-refractivity contribution in [1.82, 2.24) is 15.3 Å². The molecule has 32 heavy (non-hydrogen) atoms. The lowest BCUT2D eigenvalue weighted by atomic mass is 9.91. The molecule has 4 rings (SSSR count). The van der Waals surface area contributed by atoms with Crippen molar-refractivity contribution in [2.24, 2.45) is 0 Å². The van der Waals surface area contributed by atoms with Crippen LogP contribution in [0.5, 0.6) is 0 Å². The van der Waals surface area contributed by atoms with Gasteiger partial charge >= 0.3 is 5.97 Å². The largest absolute Gasteiger partial charge is 0.465 e. The van der Waals surface area contributed by atoms with Gasteiger partial charge < -0.3 is 20.3 Å². The fourth-order valence-electron chi connectivity index (χ4n) is 4.23. The number of carbonyl (C=O) groups is 1. The van der Waals surface area contributed by atoms with Crippen LogP contribution in [0, 0.1) is 0 Å². The van der Waals surface area contributed by atoms with E-state index in [4.69, 9.17) is 14.7 Å². The standard InChI is InChI=1S/C25H31N5O2/c1-30(2)23-21-6-4-5-7-22(21)28-25(29-23)27-20-14-12-19(13-15-20)26-16-17-8-10-18(11-9-17)24(31)32-3/h4-11,19-20,26H,12-16H2,1-3H3,(H,27,28,29). The smallest absolute Gasteiger partial charge is 0.337 e. The van der Waals surface area contributed by atoms with Gasteiger partial charge in [-0.05, 0) is 55.5 Å². The number of anilines is 2. The first-order chi connectivity index (χ1) is 15.5. The van der Waals surface area contributed by atoms with Crippen LogP contribution in [0.1, 0.15) is 41.6 Å². The Labute approximate surface area is 189 Å². The van der Waals surface area contributed by atoms with Crippen molar-refractivity contribution in [3.8, 4) is 0 Å². The number of para-hydroxylation sites is 1. The van der Waals surface area contributed by atoms with E-state index in [-0.39, 0.29) is 5.97 Å². The van der Waals surface area contributed by atoms with E-state index in [0.717, 1.165) is 48.9 Å². The molecule has 0 unspecified atom stereocenters. The van der Waals surface area contributed by atoms with E-state index in [1.165, 1.54) is 12.7 Å².